The molecule has 0 saturated carbocycles. The molecule has 1 aromatic heterocycles. The molecule has 0 bridgehead atoms. The highest BCUT2D eigenvalue weighted by molar-refractivity contribution is 6.43. The third-order valence-electron chi connectivity index (χ3n) is 7.50. The Morgan fingerprint density at radius 3 is 2.11 bits per heavy atom. The quantitative estimate of drug-likeness (QED) is 0.119. The van der Waals surface area contributed by atoms with Crippen LogP contribution in [0.15, 0.2) is 85.1 Å². The van der Waals surface area contributed by atoms with Gasteiger partial charge in [0.2, 0.25) is 11.8 Å². The zero-order chi connectivity index (χ0) is 32.3. The highest BCUT2D eigenvalue weighted by atomic mass is 16.5. The summed E-state index contributed by atoms with van der Waals surface area (Å²) in [5.74, 6) is -1.87. The van der Waals surface area contributed by atoms with Crippen LogP contribution in [-0.2, 0) is 33.8 Å². The van der Waals surface area contributed by atoms with Crippen molar-refractivity contribution in [1.29, 1.82) is 0 Å². The molecule has 236 valence electrons. The summed E-state index contributed by atoms with van der Waals surface area (Å²) in [7, 11) is -0.259. The maximum atomic E-state index is 13.9. The lowest BCUT2D eigenvalue weighted by Gasteiger charge is -2.27. The highest BCUT2D eigenvalue weighted by Gasteiger charge is 2.33. The van der Waals surface area contributed by atoms with Crippen LogP contribution in [0, 0.1) is 5.92 Å². The molecule has 3 amide bonds. The third-order valence-corrected chi connectivity index (χ3v) is 7.50. The number of carbonyl (C=O) groups excluding carboxylic acids is 3. The second-order valence-corrected chi connectivity index (χ2v) is 11.1. The van der Waals surface area contributed by atoms with Gasteiger partial charge in [-0.25, -0.2) is 4.79 Å². The van der Waals surface area contributed by atoms with Gasteiger partial charge >= 0.3 is 13.2 Å². The molecular formula is C33H39BN4O7. The molecule has 0 unspecified atom stereocenters. The Kier molecular flexibility index (Phi) is 11.6. The van der Waals surface area contributed by atoms with E-state index < -0.39 is 43.1 Å². The Morgan fingerprint density at radius 2 is 1.44 bits per heavy atom. The van der Waals surface area contributed by atoms with Gasteiger partial charge in [-0.05, 0) is 40.8 Å². The predicted molar refractivity (Wildman–Crippen MR) is 171 cm³/mol. The van der Waals surface area contributed by atoms with Crippen LogP contribution < -0.4 is 20.7 Å². The molecule has 0 aliphatic carbocycles. The van der Waals surface area contributed by atoms with Crippen molar-refractivity contribution in [3.05, 3.63) is 102 Å². The van der Waals surface area contributed by atoms with Crippen molar-refractivity contribution in [1.82, 2.24) is 20.9 Å². The van der Waals surface area contributed by atoms with Gasteiger partial charge < -0.3 is 40.5 Å². The van der Waals surface area contributed by atoms with E-state index in [9.17, 15) is 24.4 Å². The number of aromatic nitrogens is 1. The molecule has 4 rings (SSSR count). The van der Waals surface area contributed by atoms with Crippen LogP contribution >= 0.6 is 0 Å². The molecule has 3 aromatic carbocycles. The topological polar surface area (TPSA) is 162 Å². The average molecular weight is 615 g/mol. The van der Waals surface area contributed by atoms with Crippen LogP contribution in [0.4, 0.5) is 4.79 Å². The first-order valence-corrected chi connectivity index (χ1v) is 14.8. The van der Waals surface area contributed by atoms with E-state index in [-0.39, 0.29) is 25.4 Å². The lowest BCUT2D eigenvalue weighted by atomic mass is 9.73. The van der Waals surface area contributed by atoms with Crippen molar-refractivity contribution in [2.45, 2.75) is 51.3 Å². The number of aromatic amines is 1. The van der Waals surface area contributed by atoms with E-state index in [0.29, 0.717) is 5.75 Å². The van der Waals surface area contributed by atoms with Gasteiger partial charge in [-0.2, -0.15) is 0 Å². The van der Waals surface area contributed by atoms with E-state index in [0.717, 1.165) is 27.6 Å². The number of rotatable bonds is 14. The predicted octanol–water partition coefficient (Wildman–Crippen LogP) is 2.89. The van der Waals surface area contributed by atoms with Gasteiger partial charge in [-0.15, -0.1) is 0 Å². The molecule has 0 spiro atoms. The molecule has 4 aromatic rings. The van der Waals surface area contributed by atoms with Crippen molar-refractivity contribution in [3.63, 3.8) is 0 Å². The molecule has 0 aliphatic heterocycles. The summed E-state index contributed by atoms with van der Waals surface area (Å²) in [5.41, 5.74) is 3.17. The number of ether oxygens (including phenoxy) is 2. The Bertz CT molecular complexity index is 1550. The summed E-state index contributed by atoms with van der Waals surface area (Å²) in [4.78, 5) is 43.5. The number of carbonyl (C=O) groups is 3. The van der Waals surface area contributed by atoms with Crippen LogP contribution in [0.5, 0.6) is 5.75 Å². The first-order valence-electron chi connectivity index (χ1n) is 14.8. The van der Waals surface area contributed by atoms with Gasteiger partial charge in [0.25, 0.3) is 0 Å². The van der Waals surface area contributed by atoms with E-state index in [1.165, 1.54) is 0 Å². The fraction of sp³-hybridized carbons (Fsp3) is 0.303. The van der Waals surface area contributed by atoms with Crippen molar-refractivity contribution in [2.24, 2.45) is 5.92 Å². The second-order valence-electron chi connectivity index (χ2n) is 11.1. The number of para-hydroxylation sites is 1. The first kappa shape index (κ1) is 33.1. The highest BCUT2D eigenvalue weighted by Crippen LogP contribution is 2.20. The normalized spacial score (nSPS) is 13.0. The second kappa shape index (κ2) is 15.8. The number of amides is 3. The minimum absolute atomic E-state index is 0.0106. The zero-order valence-corrected chi connectivity index (χ0v) is 25.5. The van der Waals surface area contributed by atoms with E-state index in [4.69, 9.17) is 9.47 Å². The van der Waals surface area contributed by atoms with E-state index >= 15 is 0 Å². The van der Waals surface area contributed by atoms with Gasteiger partial charge in [-0.1, -0.05) is 74.5 Å². The zero-order valence-electron chi connectivity index (χ0n) is 25.5. The minimum atomic E-state index is -1.80. The number of hydrogen-bond donors (Lipinski definition) is 6. The molecule has 0 saturated heterocycles. The summed E-state index contributed by atoms with van der Waals surface area (Å²) >= 11 is 0. The summed E-state index contributed by atoms with van der Waals surface area (Å²) in [6, 6.07) is 21.6. The molecule has 0 radical (unpaired) electrons. The van der Waals surface area contributed by atoms with Crippen molar-refractivity contribution in [2.75, 3.05) is 7.11 Å². The number of nitrogens with one attached hydrogen (secondary N) is 4. The summed E-state index contributed by atoms with van der Waals surface area (Å²) in [6.07, 6.45) is 1.18. The number of alkyl carbamates (subject to hydrolysis) is 1. The van der Waals surface area contributed by atoms with E-state index in [1.54, 1.807) is 51.4 Å². The van der Waals surface area contributed by atoms with E-state index in [2.05, 4.69) is 20.9 Å². The lowest BCUT2D eigenvalue weighted by molar-refractivity contribution is -0.130. The van der Waals surface area contributed by atoms with Crippen LogP contribution in [0.25, 0.3) is 10.9 Å². The monoisotopic (exact) mass is 614 g/mol. The SMILES string of the molecule is COc1ccc(C[C@H](NC(=O)[C@H](Cc2c[nH]c3ccccc23)NC(=O)OCc2ccccc2)C(=O)N[C@H](B(O)O)C(C)C)cc1. The number of hydrogen-bond acceptors (Lipinski definition) is 7. The van der Waals surface area contributed by atoms with Gasteiger partial charge in [0.15, 0.2) is 0 Å². The van der Waals surface area contributed by atoms with Gasteiger partial charge in [0.1, 0.15) is 24.4 Å². The van der Waals surface area contributed by atoms with Gasteiger partial charge in [0.05, 0.1) is 13.1 Å². The molecule has 12 heteroatoms. The molecule has 3 atom stereocenters. The number of fused-ring (bicyclic) bond motifs is 1. The molecule has 0 fully saturated rings. The summed E-state index contributed by atoms with van der Waals surface area (Å²) in [6.45, 7) is 3.49. The number of methoxy groups -OCH3 is 1. The number of H-pyrrole nitrogens is 1. The van der Waals surface area contributed by atoms with Crippen LogP contribution in [0.3, 0.4) is 0 Å². The molecule has 0 aliphatic rings. The van der Waals surface area contributed by atoms with Crippen molar-refractivity contribution >= 4 is 35.9 Å². The standard InChI is InChI=1S/C33H39BN4O7/c1-21(2)30(34(42)43)38-32(40)28(17-22-13-15-25(44-3)16-14-22)36-31(39)29(18-24-19-35-27-12-8-7-11-26(24)27)37-33(41)45-20-23-9-5-4-6-10-23/h4-16,19,21,28-30,35,42-43H,17-18,20H2,1-3H3,(H,36,39)(H,37,41)(H,38,40)/t28-,29-,30-/m0/s1. The maximum Gasteiger partial charge on any atom is 0.475 e. The fourth-order valence-electron chi connectivity index (χ4n) is 4.97. The van der Waals surface area contributed by atoms with Crippen LogP contribution in [-0.4, -0.2) is 65.2 Å². The molecule has 1 heterocycles. The minimum Gasteiger partial charge on any atom is -0.497 e. The number of benzene rings is 3. The largest absolute Gasteiger partial charge is 0.497 e. The Hall–Kier alpha value is -4.81. The molecule has 45 heavy (non-hydrogen) atoms. The fourth-order valence-corrected chi connectivity index (χ4v) is 4.97. The van der Waals surface area contributed by atoms with Crippen molar-refractivity contribution < 1.29 is 33.9 Å². The van der Waals surface area contributed by atoms with Crippen LogP contribution in [0.1, 0.15) is 30.5 Å². The molecule has 6 N–H and O–H groups in total. The average Bonchev–Trinajstić information content (AvgIpc) is 3.45. The Balaban J connectivity index is 1.57. The Labute approximate surface area is 262 Å². The van der Waals surface area contributed by atoms with Gasteiger partial charge in [-0.3, -0.25) is 9.59 Å². The summed E-state index contributed by atoms with van der Waals surface area (Å²) < 4.78 is 10.6. The smallest absolute Gasteiger partial charge is 0.475 e. The van der Waals surface area contributed by atoms with Crippen LogP contribution in [0.2, 0.25) is 0 Å². The molecular weight excluding hydrogens is 575 g/mol. The molecule has 11 nitrogen and oxygen atoms in total. The van der Waals surface area contributed by atoms with Crippen molar-refractivity contribution in [3.8, 4) is 5.75 Å². The maximum absolute atomic E-state index is 13.9. The van der Waals surface area contributed by atoms with E-state index in [1.807, 2.05) is 54.6 Å². The lowest BCUT2D eigenvalue weighted by Crippen LogP contribution is -2.58. The summed E-state index contributed by atoms with van der Waals surface area (Å²) in [5, 5.41) is 28.7. The third kappa shape index (κ3) is 9.34. The van der Waals surface area contributed by atoms with Gasteiger partial charge in [0, 0.05) is 29.9 Å². The first-order chi connectivity index (χ1) is 21.6. The Morgan fingerprint density at radius 1 is 0.800 bits per heavy atom.